The number of hydrogen-bond acceptors (Lipinski definition) is 4. The zero-order chi connectivity index (χ0) is 15.0. The van der Waals surface area contributed by atoms with Gasteiger partial charge in [0.1, 0.15) is 0 Å². The van der Waals surface area contributed by atoms with E-state index >= 15 is 0 Å². The fourth-order valence-electron chi connectivity index (χ4n) is 4.37. The van der Waals surface area contributed by atoms with Crippen LogP contribution in [0.1, 0.15) is 37.7 Å². The molecule has 1 aromatic rings. The number of nitrogens with zero attached hydrogens (tertiary/aromatic N) is 1. The SMILES string of the molecule is OC1(c2ccc(N3CCOCC3)cc2)CC2CCCC(C1)N2. The van der Waals surface area contributed by atoms with Crippen molar-refractivity contribution in [1.29, 1.82) is 0 Å². The summed E-state index contributed by atoms with van der Waals surface area (Å²) in [7, 11) is 0. The van der Waals surface area contributed by atoms with Gasteiger partial charge in [0, 0.05) is 30.9 Å². The lowest BCUT2D eigenvalue weighted by Crippen LogP contribution is -2.54. The molecule has 3 heterocycles. The Morgan fingerprint density at radius 2 is 1.68 bits per heavy atom. The lowest BCUT2D eigenvalue weighted by molar-refractivity contribution is -0.0358. The minimum atomic E-state index is -0.648. The number of aliphatic hydroxyl groups is 1. The van der Waals surface area contributed by atoms with Gasteiger partial charge in [0.2, 0.25) is 0 Å². The van der Waals surface area contributed by atoms with Crippen molar-refractivity contribution in [2.75, 3.05) is 31.2 Å². The first-order valence-electron chi connectivity index (χ1n) is 8.65. The minimum Gasteiger partial charge on any atom is -0.385 e. The third kappa shape index (κ3) is 2.75. The molecular formula is C18H26N2O2. The van der Waals surface area contributed by atoms with E-state index in [-0.39, 0.29) is 0 Å². The van der Waals surface area contributed by atoms with E-state index in [1.807, 2.05) is 0 Å². The topological polar surface area (TPSA) is 44.7 Å². The fourth-order valence-corrected chi connectivity index (χ4v) is 4.37. The van der Waals surface area contributed by atoms with Crippen molar-refractivity contribution >= 4 is 5.69 Å². The highest BCUT2D eigenvalue weighted by atomic mass is 16.5. The molecule has 120 valence electrons. The van der Waals surface area contributed by atoms with Crippen molar-refractivity contribution in [2.24, 2.45) is 0 Å². The second-order valence-electron chi connectivity index (χ2n) is 7.08. The molecule has 4 rings (SSSR count). The molecule has 0 amide bonds. The first-order chi connectivity index (χ1) is 10.7. The Kier molecular flexibility index (Phi) is 3.84. The molecule has 3 saturated heterocycles. The standard InChI is InChI=1S/C18H26N2O2/c21-18(12-15-2-1-3-16(13-18)19-15)14-4-6-17(7-5-14)20-8-10-22-11-9-20/h4-7,15-16,19,21H,1-3,8-13H2. The van der Waals surface area contributed by atoms with Crippen LogP contribution in [0.5, 0.6) is 0 Å². The molecule has 2 N–H and O–H groups in total. The van der Waals surface area contributed by atoms with E-state index in [2.05, 4.69) is 34.5 Å². The molecule has 1 aromatic carbocycles. The van der Waals surface area contributed by atoms with Crippen molar-refractivity contribution in [2.45, 2.75) is 49.8 Å². The summed E-state index contributed by atoms with van der Waals surface area (Å²) in [6.45, 7) is 3.52. The van der Waals surface area contributed by atoms with Crippen LogP contribution >= 0.6 is 0 Å². The van der Waals surface area contributed by atoms with Crippen molar-refractivity contribution in [1.82, 2.24) is 5.32 Å². The number of morpholine rings is 1. The van der Waals surface area contributed by atoms with Crippen LogP contribution in [-0.2, 0) is 10.3 Å². The second kappa shape index (κ2) is 5.84. The highest BCUT2D eigenvalue weighted by Crippen LogP contribution is 2.40. The van der Waals surface area contributed by atoms with Crippen molar-refractivity contribution in [3.05, 3.63) is 29.8 Å². The average molecular weight is 302 g/mol. The van der Waals surface area contributed by atoms with Gasteiger partial charge >= 0.3 is 0 Å². The number of nitrogens with one attached hydrogen (secondary N) is 1. The Morgan fingerprint density at radius 1 is 1.05 bits per heavy atom. The Bertz CT molecular complexity index is 498. The van der Waals surface area contributed by atoms with Crippen LogP contribution in [0.25, 0.3) is 0 Å². The summed E-state index contributed by atoms with van der Waals surface area (Å²) in [5, 5.41) is 14.8. The molecule has 22 heavy (non-hydrogen) atoms. The quantitative estimate of drug-likeness (QED) is 0.877. The lowest BCUT2D eigenvalue weighted by atomic mass is 9.74. The minimum absolute atomic E-state index is 0.483. The second-order valence-corrected chi connectivity index (χ2v) is 7.08. The maximum atomic E-state index is 11.2. The Morgan fingerprint density at radius 3 is 2.32 bits per heavy atom. The molecule has 3 aliphatic heterocycles. The first-order valence-corrected chi connectivity index (χ1v) is 8.65. The molecule has 2 unspecified atom stereocenters. The van der Waals surface area contributed by atoms with Crippen LogP contribution in [0.2, 0.25) is 0 Å². The number of fused-ring (bicyclic) bond motifs is 2. The van der Waals surface area contributed by atoms with Gasteiger partial charge in [0.05, 0.1) is 18.8 Å². The number of rotatable bonds is 2. The molecule has 3 aliphatic rings. The fraction of sp³-hybridized carbons (Fsp3) is 0.667. The number of anilines is 1. The van der Waals surface area contributed by atoms with Crippen molar-refractivity contribution < 1.29 is 9.84 Å². The van der Waals surface area contributed by atoms with E-state index in [1.165, 1.54) is 24.9 Å². The molecule has 4 nitrogen and oxygen atoms in total. The summed E-state index contributed by atoms with van der Waals surface area (Å²) in [4.78, 5) is 2.36. The zero-order valence-corrected chi connectivity index (χ0v) is 13.1. The van der Waals surface area contributed by atoms with Crippen LogP contribution in [0, 0.1) is 0 Å². The van der Waals surface area contributed by atoms with Gasteiger partial charge in [0.25, 0.3) is 0 Å². The molecular weight excluding hydrogens is 276 g/mol. The van der Waals surface area contributed by atoms with Gasteiger partial charge in [-0.25, -0.2) is 0 Å². The summed E-state index contributed by atoms with van der Waals surface area (Å²) >= 11 is 0. The van der Waals surface area contributed by atoms with Crippen LogP contribution in [-0.4, -0.2) is 43.5 Å². The average Bonchev–Trinajstić information content (AvgIpc) is 2.55. The number of ether oxygens (including phenoxy) is 1. The van der Waals surface area contributed by atoms with E-state index in [4.69, 9.17) is 4.74 Å². The first kappa shape index (κ1) is 14.5. The van der Waals surface area contributed by atoms with Crippen LogP contribution in [0.4, 0.5) is 5.69 Å². The van der Waals surface area contributed by atoms with Gasteiger partial charge in [0.15, 0.2) is 0 Å². The zero-order valence-electron chi connectivity index (χ0n) is 13.1. The predicted molar refractivity (Wildman–Crippen MR) is 87.2 cm³/mol. The highest BCUT2D eigenvalue weighted by Gasteiger charge is 2.41. The number of benzene rings is 1. The van der Waals surface area contributed by atoms with Crippen molar-refractivity contribution in [3.8, 4) is 0 Å². The highest BCUT2D eigenvalue weighted by molar-refractivity contribution is 5.49. The smallest absolute Gasteiger partial charge is 0.0926 e. The molecule has 4 heteroatoms. The van der Waals surface area contributed by atoms with E-state index < -0.39 is 5.60 Å². The predicted octanol–water partition coefficient (Wildman–Crippen LogP) is 2.02. The van der Waals surface area contributed by atoms with Gasteiger partial charge in [-0.1, -0.05) is 18.6 Å². The van der Waals surface area contributed by atoms with E-state index in [1.54, 1.807) is 0 Å². The van der Waals surface area contributed by atoms with E-state index in [0.29, 0.717) is 12.1 Å². The molecule has 0 aliphatic carbocycles. The van der Waals surface area contributed by atoms with Gasteiger partial charge < -0.3 is 20.1 Å². The third-order valence-corrected chi connectivity index (χ3v) is 5.53. The number of piperidine rings is 2. The maximum Gasteiger partial charge on any atom is 0.0926 e. The Hall–Kier alpha value is -1.10. The molecule has 2 bridgehead atoms. The molecule has 0 saturated carbocycles. The molecule has 0 radical (unpaired) electrons. The van der Waals surface area contributed by atoms with E-state index in [0.717, 1.165) is 44.7 Å². The summed E-state index contributed by atoms with van der Waals surface area (Å²) in [5.41, 5.74) is 1.68. The molecule has 0 spiro atoms. The molecule has 2 atom stereocenters. The normalized spacial score (nSPS) is 35.4. The summed E-state index contributed by atoms with van der Waals surface area (Å²) in [6.07, 6.45) is 5.39. The monoisotopic (exact) mass is 302 g/mol. The maximum absolute atomic E-state index is 11.2. The third-order valence-electron chi connectivity index (χ3n) is 5.53. The van der Waals surface area contributed by atoms with E-state index in [9.17, 15) is 5.11 Å². The molecule has 3 fully saturated rings. The van der Waals surface area contributed by atoms with Gasteiger partial charge in [-0.3, -0.25) is 0 Å². The van der Waals surface area contributed by atoms with Crippen LogP contribution < -0.4 is 10.2 Å². The molecule has 0 aromatic heterocycles. The summed E-state index contributed by atoms with van der Waals surface area (Å²) < 4.78 is 5.41. The number of hydrogen-bond donors (Lipinski definition) is 2. The van der Waals surface area contributed by atoms with Crippen LogP contribution in [0.15, 0.2) is 24.3 Å². The summed E-state index contributed by atoms with van der Waals surface area (Å²) in [6, 6.07) is 9.55. The Balaban J connectivity index is 1.52. The van der Waals surface area contributed by atoms with Gasteiger partial charge in [-0.15, -0.1) is 0 Å². The largest absolute Gasteiger partial charge is 0.385 e. The lowest BCUT2D eigenvalue weighted by Gasteiger charge is -2.45. The van der Waals surface area contributed by atoms with Crippen molar-refractivity contribution in [3.63, 3.8) is 0 Å². The van der Waals surface area contributed by atoms with Crippen LogP contribution in [0.3, 0.4) is 0 Å². The summed E-state index contributed by atoms with van der Waals surface area (Å²) in [5.74, 6) is 0. The van der Waals surface area contributed by atoms with Gasteiger partial charge in [-0.05, 0) is 43.4 Å². The Labute approximate surface area is 132 Å². The van der Waals surface area contributed by atoms with Gasteiger partial charge in [-0.2, -0.15) is 0 Å².